The summed E-state index contributed by atoms with van der Waals surface area (Å²) < 4.78 is 2.07. The highest BCUT2D eigenvalue weighted by atomic mass is 16.1. The minimum Gasteiger partial charge on any atom is -0.354 e. The second kappa shape index (κ2) is 7.40. The smallest absolute Gasteiger partial charge is 0.220 e. The number of amides is 1. The molecule has 0 spiro atoms. The molecule has 0 atom stereocenters. The molecule has 1 amide bonds. The van der Waals surface area contributed by atoms with Crippen LogP contribution in [0.25, 0.3) is 11.4 Å². The zero-order valence-electron chi connectivity index (χ0n) is 13.7. The lowest BCUT2D eigenvalue weighted by Gasteiger charge is -2.14. The molecular formula is C18H24N4O. The molecule has 2 aromatic heterocycles. The first-order valence-electron chi connectivity index (χ1n) is 8.56. The zero-order valence-corrected chi connectivity index (χ0v) is 13.7. The number of hydrogen-bond donors (Lipinski definition) is 1. The topological polar surface area (TPSA) is 59.8 Å². The van der Waals surface area contributed by atoms with E-state index in [1.807, 2.05) is 31.3 Å². The van der Waals surface area contributed by atoms with Gasteiger partial charge in [0.25, 0.3) is 0 Å². The van der Waals surface area contributed by atoms with Crippen LogP contribution in [0.15, 0.2) is 24.4 Å². The Morgan fingerprint density at radius 2 is 2.17 bits per heavy atom. The predicted molar refractivity (Wildman–Crippen MR) is 90.0 cm³/mol. The van der Waals surface area contributed by atoms with Gasteiger partial charge in [0.15, 0.2) is 0 Å². The van der Waals surface area contributed by atoms with E-state index in [4.69, 9.17) is 5.10 Å². The van der Waals surface area contributed by atoms with E-state index in [0.717, 1.165) is 37.2 Å². The summed E-state index contributed by atoms with van der Waals surface area (Å²) in [6.45, 7) is 3.38. The molecule has 0 bridgehead atoms. The number of rotatable bonds is 6. The average molecular weight is 312 g/mol. The van der Waals surface area contributed by atoms with Crippen molar-refractivity contribution >= 4 is 5.91 Å². The molecule has 1 N–H and O–H groups in total. The van der Waals surface area contributed by atoms with Crippen molar-refractivity contribution in [2.24, 2.45) is 0 Å². The van der Waals surface area contributed by atoms with Gasteiger partial charge in [0.05, 0.1) is 12.2 Å². The molecule has 1 aliphatic rings. The predicted octanol–water partition coefficient (Wildman–Crippen LogP) is 2.74. The maximum Gasteiger partial charge on any atom is 0.220 e. The van der Waals surface area contributed by atoms with Gasteiger partial charge in [0.2, 0.25) is 5.91 Å². The lowest BCUT2D eigenvalue weighted by Crippen LogP contribution is -2.27. The van der Waals surface area contributed by atoms with Crippen LogP contribution >= 0.6 is 0 Å². The molecule has 0 saturated heterocycles. The fraction of sp³-hybridized carbons (Fsp3) is 0.500. The van der Waals surface area contributed by atoms with Gasteiger partial charge in [-0.05, 0) is 44.2 Å². The van der Waals surface area contributed by atoms with Crippen molar-refractivity contribution in [2.45, 2.75) is 52.0 Å². The van der Waals surface area contributed by atoms with E-state index in [9.17, 15) is 4.79 Å². The summed E-state index contributed by atoms with van der Waals surface area (Å²) in [5.41, 5.74) is 4.62. The van der Waals surface area contributed by atoms with E-state index >= 15 is 0 Å². The van der Waals surface area contributed by atoms with Crippen LogP contribution in [0.1, 0.15) is 43.9 Å². The Hall–Kier alpha value is -2.17. The first-order chi connectivity index (χ1) is 11.3. The summed E-state index contributed by atoms with van der Waals surface area (Å²) in [5, 5.41) is 7.78. The van der Waals surface area contributed by atoms with Crippen LogP contribution < -0.4 is 5.32 Å². The maximum atomic E-state index is 11.6. The van der Waals surface area contributed by atoms with Gasteiger partial charge in [-0.2, -0.15) is 5.10 Å². The van der Waals surface area contributed by atoms with Crippen molar-refractivity contribution in [2.75, 3.05) is 6.54 Å². The minimum absolute atomic E-state index is 0.124. The number of nitrogens with zero attached hydrogens (tertiary/aromatic N) is 3. The van der Waals surface area contributed by atoms with Gasteiger partial charge in [-0.3, -0.25) is 14.5 Å². The summed E-state index contributed by atoms with van der Waals surface area (Å²) in [6, 6.07) is 5.95. The van der Waals surface area contributed by atoms with Gasteiger partial charge in [-0.1, -0.05) is 13.0 Å². The average Bonchev–Trinajstić information content (AvgIpc) is 2.95. The molecule has 0 saturated carbocycles. The standard InChI is InChI=1S/C18H24N4O/c1-2-7-17(23)20-12-13-22-16-10-4-3-8-14(16)18(21-22)15-9-5-6-11-19-15/h5-6,9,11H,2-4,7-8,10,12-13H2,1H3,(H,20,23). The molecule has 2 aromatic rings. The molecule has 23 heavy (non-hydrogen) atoms. The van der Waals surface area contributed by atoms with Crippen molar-refractivity contribution in [3.05, 3.63) is 35.7 Å². The highest BCUT2D eigenvalue weighted by Gasteiger charge is 2.22. The third-order valence-electron chi connectivity index (χ3n) is 4.29. The monoisotopic (exact) mass is 312 g/mol. The fourth-order valence-electron chi connectivity index (χ4n) is 3.18. The summed E-state index contributed by atoms with van der Waals surface area (Å²) >= 11 is 0. The van der Waals surface area contributed by atoms with Crippen LogP contribution in [0.5, 0.6) is 0 Å². The van der Waals surface area contributed by atoms with Crippen LogP contribution in [0.2, 0.25) is 0 Å². The molecule has 122 valence electrons. The Morgan fingerprint density at radius 1 is 1.30 bits per heavy atom. The van der Waals surface area contributed by atoms with Crippen molar-refractivity contribution in [3.63, 3.8) is 0 Å². The van der Waals surface area contributed by atoms with Gasteiger partial charge >= 0.3 is 0 Å². The summed E-state index contributed by atoms with van der Waals surface area (Å²) in [5.74, 6) is 0.124. The first kappa shape index (κ1) is 15.7. The number of hydrogen-bond acceptors (Lipinski definition) is 3. The lowest BCUT2D eigenvalue weighted by atomic mass is 9.95. The van der Waals surface area contributed by atoms with Crippen LogP contribution in [-0.2, 0) is 24.2 Å². The van der Waals surface area contributed by atoms with Crippen LogP contribution in [0.4, 0.5) is 0 Å². The van der Waals surface area contributed by atoms with Gasteiger partial charge in [0, 0.05) is 30.4 Å². The summed E-state index contributed by atoms with van der Waals surface area (Å²) in [6.07, 6.45) is 7.85. The fourth-order valence-corrected chi connectivity index (χ4v) is 3.18. The molecule has 0 aromatic carbocycles. The third-order valence-corrected chi connectivity index (χ3v) is 4.29. The zero-order chi connectivity index (χ0) is 16.1. The molecular weight excluding hydrogens is 288 g/mol. The minimum atomic E-state index is 0.124. The van der Waals surface area contributed by atoms with Gasteiger partial charge in [-0.15, -0.1) is 0 Å². The van der Waals surface area contributed by atoms with Crippen molar-refractivity contribution in [1.82, 2.24) is 20.1 Å². The van der Waals surface area contributed by atoms with Crippen LogP contribution in [0, 0.1) is 0 Å². The quantitative estimate of drug-likeness (QED) is 0.892. The van der Waals surface area contributed by atoms with Crippen molar-refractivity contribution in [1.29, 1.82) is 0 Å². The van der Waals surface area contributed by atoms with E-state index in [0.29, 0.717) is 13.0 Å². The molecule has 0 unspecified atom stereocenters. The van der Waals surface area contributed by atoms with E-state index in [1.54, 1.807) is 0 Å². The molecule has 2 heterocycles. The van der Waals surface area contributed by atoms with E-state index in [-0.39, 0.29) is 5.91 Å². The Kier molecular flexibility index (Phi) is 5.05. The number of fused-ring (bicyclic) bond motifs is 1. The Bertz CT molecular complexity index is 663. The SMILES string of the molecule is CCCC(=O)NCCn1nc(-c2ccccn2)c2c1CCCC2. The number of pyridine rings is 1. The van der Waals surface area contributed by atoms with Crippen LogP contribution in [0.3, 0.4) is 0 Å². The Labute approximate surface area is 137 Å². The highest BCUT2D eigenvalue weighted by Crippen LogP contribution is 2.30. The summed E-state index contributed by atoms with van der Waals surface area (Å²) in [4.78, 5) is 16.1. The summed E-state index contributed by atoms with van der Waals surface area (Å²) in [7, 11) is 0. The molecule has 0 aliphatic heterocycles. The molecule has 3 rings (SSSR count). The second-order valence-corrected chi connectivity index (χ2v) is 6.02. The first-order valence-corrected chi connectivity index (χ1v) is 8.56. The molecule has 1 aliphatic carbocycles. The normalized spacial score (nSPS) is 13.6. The van der Waals surface area contributed by atoms with Gasteiger partial charge in [-0.25, -0.2) is 0 Å². The number of carbonyl (C=O) groups is 1. The molecule has 5 heteroatoms. The van der Waals surface area contributed by atoms with Crippen molar-refractivity contribution < 1.29 is 4.79 Å². The number of aromatic nitrogens is 3. The van der Waals surface area contributed by atoms with Crippen molar-refractivity contribution in [3.8, 4) is 11.4 Å². The van der Waals surface area contributed by atoms with Crippen LogP contribution in [-0.4, -0.2) is 27.2 Å². The maximum absolute atomic E-state index is 11.6. The van der Waals surface area contributed by atoms with Gasteiger partial charge < -0.3 is 5.32 Å². The Morgan fingerprint density at radius 3 is 2.96 bits per heavy atom. The largest absolute Gasteiger partial charge is 0.354 e. The van der Waals surface area contributed by atoms with E-state index < -0.39 is 0 Å². The Balaban J connectivity index is 1.78. The molecule has 5 nitrogen and oxygen atoms in total. The number of carbonyl (C=O) groups excluding carboxylic acids is 1. The van der Waals surface area contributed by atoms with E-state index in [2.05, 4.69) is 15.0 Å². The van der Waals surface area contributed by atoms with Gasteiger partial charge in [0.1, 0.15) is 5.69 Å². The second-order valence-electron chi connectivity index (χ2n) is 6.02. The van der Waals surface area contributed by atoms with E-state index in [1.165, 1.54) is 24.1 Å². The molecule has 0 fully saturated rings. The molecule has 0 radical (unpaired) electrons. The highest BCUT2D eigenvalue weighted by molar-refractivity contribution is 5.75. The third kappa shape index (κ3) is 3.60. The number of nitrogens with one attached hydrogen (secondary N) is 1. The lowest BCUT2D eigenvalue weighted by molar-refractivity contribution is -0.121.